The van der Waals surface area contributed by atoms with Crippen LogP contribution in [0.1, 0.15) is 79.1 Å². The van der Waals surface area contributed by atoms with Crippen LogP contribution in [0.5, 0.6) is 0 Å². The molecule has 0 radical (unpaired) electrons. The Kier molecular flexibility index (Phi) is 18.5. The van der Waals surface area contributed by atoms with Gasteiger partial charge in [0.1, 0.15) is 0 Å². The summed E-state index contributed by atoms with van der Waals surface area (Å²) in [6.07, 6.45) is 8.56. The van der Waals surface area contributed by atoms with Crippen LogP contribution < -0.4 is 0 Å². The quantitative estimate of drug-likeness (QED) is 0.412. The summed E-state index contributed by atoms with van der Waals surface area (Å²) in [5.41, 5.74) is 0. The second kappa shape index (κ2) is 15.9. The molecule has 0 spiro atoms. The second-order valence-electron chi connectivity index (χ2n) is 5.89. The molecule has 0 heterocycles. The Labute approximate surface area is 167 Å². The first-order chi connectivity index (χ1) is 9.99. The Morgan fingerprint density at radius 1 is 0.864 bits per heavy atom. The topological polar surface area (TPSA) is 55.8 Å². The van der Waals surface area contributed by atoms with Crippen molar-refractivity contribution in [2.75, 3.05) is 13.2 Å². The first-order valence-electron chi connectivity index (χ1n) is 8.60. The summed E-state index contributed by atoms with van der Waals surface area (Å²) in [5.74, 6) is 0.687. The monoisotopic (exact) mass is 362 g/mol. The molecule has 1 N–H and O–H groups in total. The zero-order valence-corrected chi connectivity index (χ0v) is 16.3. The van der Waals surface area contributed by atoms with Crippen LogP contribution in [0, 0.1) is 49.6 Å². The van der Waals surface area contributed by atoms with E-state index in [0.29, 0.717) is 25.0 Å². The van der Waals surface area contributed by atoms with Crippen molar-refractivity contribution in [3.63, 3.8) is 0 Å². The molecule has 4 nitrogen and oxygen atoms in total. The Morgan fingerprint density at radius 2 is 1.23 bits per heavy atom. The molecule has 2 atom stereocenters. The van der Waals surface area contributed by atoms with Crippen molar-refractivity contribution in [3.05, 3.63) is 0 Å². The number of unbranched alkanes of at least 4 members (excludes halogenated alkanes) is 2. The van der Waals surface area contributed by atoms with E-state index in [-0.39, 0.29) is 37.7 Å². The van der Waals surface area contributed by atoms with Crippen molar-refractivity contribution in [2.24, 2.45) is 11.8 Å². The Hall–Kier alpha value is 1.37. The second-order valence-corrected chi connectivity index (χ2v) is 7.35. The molecular weight excluding hydrogens is 327 g/mol. The third-order valence-electron chi connectivity index (χ3n) is 4.03. The maximum Gasteiger partial charge on any atom is 0.472 e. The summed E-state index contributed by atoms with van der Waals surface area (Å²) in [6, 6.07) is 0. The van der Waals surface area contributed by atoms with Crippen LogP contribution in [-0.4, -0.2) is 18.1 Å². The summed E-state index contributed by atoms with van der Waals surface area (Å²) in [4.78, 5) is 9.77. The van der Waals surface area contributed by atoms with E-state index in [1.54, 1.807) is 0 Å². The van der Waals surface area contributed by atoms with Crippen molar-refractivity contribution in [3.8, 4) is 0 Å². The number of phosphoric ester groups is 1. The minimum atomic E-state index is -3.89. The number of hydrogen-bond donors (Lipinski definition) is 1. The van der Waals surface area contributed by atoms with E-state index >= 15 is 0 Å². The molecule has 0 aliphatic carbocycles. The van der Waals surface area contributed by atoms with Gasteiger partial charge in [-0.2, -0.15) is 0 Å². The normalized spacial score (nSPS) is 16.6. The molecule has 0 bridgehead atoms. The molecule has 0 amide bonds. The standard InChI is InChI=1S/C16H35O4P.Ar/c1-5-9-11-15(7-3)13-19-21(17,18)20-14-16(8-4)12-10-6-2;/h15-16H,5-14H2,1-4H3,(H,17,18);. The van der Waals surface area contributed by atoms with Gasteiger partial charge >= 0.3 is 7.82 Å². The van der Waals surface area contributed by atoms with Crippen LogP contribution in [0.15, 0.2) is 0 Å². The summed E-state index contributed by atoms with van der Waals surface area (Å²) in [6.45, 7) is 9.10. The van der Waals surface area contributed by atoms with Gasteiger partial charge in [0, 0.05) is 37.7 Å². The molecule has 2 unspecified atom stereocenters. The Bertz CT molecular complexity index is 265. The Balaban J connectivity index is 0. The van der Waals surface area contributed by atoms with E-state index in [9.17, 15) is 9.46 Å². The van der Waals surface area contributed by atoms with Gasteiger partial charge in [0.05, 0.1) is 13.2 Å². The van der Waals surface area contributed by atoms with Crippen LogP contribution in [0.4, 0.5) is 0 Å². The van der Waals surface area contributed by atoms with Gasteiger partial charge in [0.15, 0.2) is 0 Å². The van der Waals surface area contributed by atoms with Gasteiger partial charge in [-0.25, -0.2) is 4.57 Å². The van der Waals surface area contributed by atoms with Crippen molar-refractivity contribution in [1.82, 2.24) is 0 Å². The maximum atomic E-state index is 11.9. The summed E-state index contributed by atoms with van der Waals surface area (Å²) in [5, 5.41) is 0. The molecule has 0 fully saturated rings. The molecule has 0 aromatic rings. The molecule has 0 saturated carbocycles. The first kappa shape index (κ1) is 25.6. The third-order valence-corrected chi connectivity index (χ3v) is 4.98. The summed E-state index contributed by atoms with van der Waals surface area (Å²) >= 11 is 0. The molecule has 0 aromatic carbocycles. The average Bonchev–Trinajstić information content (AvgIpc) is 2.47. The smallest absolute Gasteiger partial charge is 0.302 e. The van der Waals surface area contributed by atoms with Crippen LogP contribution >= 0.6 is 7.82 Å². The van der Waals surface area contributed by atoms with E-state index in [0.717, 1.165) is 51.4 Å². The predicted octanol–water partition coefficient (Wildman–Crippen LogP) is 5.55. The van der Waals surface area contributed by atoms with E-state index in [1.807, 2.05) is 0 Å². The zero-order chi connectivity index (χ0) is 16.1. The van der Waals surface area contributed by atoms with Gasteiger partial charge < -0.3 is 4.89 Å². The molecule has 136 valence electrons. The number of rotatable bonds is 14. The molecule has 0 aliphatic heterocycles. The fourth-order valence-electron chi connectivity index (χ4n) is 2.23. The van der Waals surface area contributed by atoms with Crippen LogP contribution in [0.2, 0.25) is 0 Å². The van der Waals surface area contributed by atoms with Gasteiger partial charge in [0.2, 0.25) is 0 Å². The van der Waals surface area contributed by atoms with Gasteiger partial charge in [-0.1, -0.05) is 66.2 Å². The summed E-state index contributed by atoms with van der Waals surface area (Å²) < 4.78 is 22.2. The van der Waals surface area contributed by atoms with Crippen molar-refractivity contribution in [2.45, 2.75) is 79.1 Å². The molecule has 0 rings (SSSR count). The van der Waals surface area contributed by atoms with Crippen molar-refractivity contribution in [1.29, 1.82) is 0 Å². The molecule has 6 heteroatoms. The van der Waals surface area contributed by atoms with Gasteiger partial charge in [-0.05, 0) is 24.7 Å². The largest absolute Gasteiger partial charge is 0.472 e. The molecule has 0 aliphatic rings. The third kappa shape index (κ3) is 13.8. The van der Waals surface area contributed by atoms with E-state index in [1.165, 1.54) is 0 Å². The van der Waals surface area contributed by atoms with Gasteiger partial charge in [0.25, 0.3) is 0 Å². The van der Waals surface area contributed by atoms with E-state index in [2.05, 4.69) is 27.7 Å². The summed E-state index contributed by atoms with van der Waals surface area (Å²) in [7, 11) is -3.89. The van der Waals surface area contributed by atoms with Crippen molar-refractivity contribution < 1.29 is 56.2 Å². The van der Waals surface area contributed by atoms with Crippen LogP contribution in [0.3, 0.4) is 0 Å². The van der Waals surface area contributed by atoms with Crippen molar-refractivity contribution >= 4 is 7.82 Å². The van der Waals surface area contributed by atoms with Crippen LogP contribution in [0.25, 0.3) is 0 Å². The number of hydrogen-bond acceptors (Lipinski definition) is 3. The van der Waals surface area contributed by atoms with E-state index < -0.39 is 7.82 Å². The van der Waals surface area contributed by atoms with Crippen LogP contribution in [-0.2, 0) is 13.6 Å². The first-order valence-corrected chi connectivity index (χ1v) is 10.1. The fourth-order valence-corrected chi connectivity index (χ4v) is 3.11. The maximum absolute atomic E-state index is 11.9. The fraction of sp³-hybridized carbons (Fsp3) is 1.00. The minimum absolute atomic E-state index is 0. The Morgan fingerprint density at radius 3 is 1.50 bits per heavy atom. The minimum Gasteiger partial charge on any atom is -0.302 e. The molecular formula is C16H35ArO4P. The van der Waals surface area contributed by atoms with E-state index in [4.69, 9.17) is 9.05 Å². The van der Waals surface area contributed by atoms with Gasteiger partial charge in [-0.3, -0.25) is 9.05 Å². The molecule has 22 heavy (non-hydrogen) atoms. The molecule has 0 saturated heterocycles. The molecule has 0 aromatic heterocycles. The SMILES string of the molecule is CCCCC(CC)COP(=O)(O)OCC(CC)CCCC.[Ar]. The average molecular weight is 362 g/mol. The zero-order valence-electron chi connectivity index (χ0n) is 14.7. The number of phosphoric acid groups is 1. The van der Waals surface area contributed by atoms with Gasteiger partial charge in [-0.15, -0.1) is 0 Å². The predicted molar refractivity (Wildman–Crippen MR) is 88.3 cm³/mol.